The van der Waals surface area contributed by atoms with Crippen molar-refractivity contribution < 1.29 is 19.1 Å². The Morgan fingerprint density at radius 3 is 1.38 bits per heavy atom. The minimum atomic E-state index is -0.387. The lowest BCUT2D eigenvalue weighted by molar-refractivity contribution is 0.0518. The Morgan fingerprint density at radius 1 is 0.567 bits per heavy atom. The number of nitrogens with one attached hydrogen (secondary N) is 8. The molecule has 0 aliphatic rings. The highest BCUT2D eigenvalue weighted by atomic mass is 16.5. The minimum Gasteiger partial charge on any atom is -0.462 e. The monoisotopic (exact) mass is 814 g/mol. The molecule has 0 bridgehead atoms. The van der Waals surface area contributed by atoms with E-state index >= 15 is 0 Å². The van der Waals surface area contributed by atoms with Gasteiger partial charge in [0.25, 0.3) is 0 Å². The number of unbranched alkanes of at least 4 members (excludes halogenated alkanes) is 2. The Kier molecular flexibility index (Phi) is 13.6. The van der Waals surface area contributed by atoms with Crippen LogP contribution in [-0.4, -0.2) is 68.1 Å². The molecule has 12 heteroatoms. The van der Waals surface area contributed by atoms with Crippen LogP contribution in [0.4, 0.5) is 11.6 Å². The Hall–Kier alpha value is -6.04. The predicted octanol–water partition coefficient (Wildman–Crippen LogP) is 12.2. The fraction of sp³-hybridized carbons (Fsp3) is 0.417. The molecule has 7 rings (SSSR count). The number of H-pyrrole nitrogens is 6. The Morgan fingerprint density at radius 2 is 1.00 bits per heavy atom. The molecule has 0 fully saturated rings. The number of fused-ring (bicyclic) bond motifs is 2. The van der Waals surface area contributed by atoms with Crippen molar-refractivity contribution in [1.29, 1.82) is 0 Å². The van der Waals surface area contributed by atoms with Gasteiger partial charge in [-0.1, -0.05) is 66.2 Å². The van der Waals surface area contributed by atoms with Crippen LogP contribution in [0.25, 0.3) is 67.1 Å². The highest BCUT2D eigenvalue weighted by Crippen LogP contribution is 2.46. The summed E-state index contributed by atoms with van der Waals surface area (Å²) in [6.45, 7) is 14.9. The predicted molar refractivity (Wildman–Crippen MR) is 245 cm³/mol. The molecular formula is C48H62N8O4. The lowest BCUT2D eigenvalue weighted by atomic mass is 9.96. The van der Waals surface area contributed by atoms with Gasteiger partial charge in [0.05, 0.1) is 58.1 Å². The average Bonchev–Trinajstić information content (AvgIpc) is 4.11. The van der Waals surface area contributed by atoms with Gasteiger partial charge >= 0.3 is 11.9 Å². The molecule has 0 saturated carbocycles. The van der Waals surface area contributed by atoms with Gasteiger partial charge < -0.3 is 50.0 Å². The SMILES string of the molecule is CCCCC(CC)CNc1ccc(-c2c3cc(-c4[nH]ccc4C(=O)OCC)[nH]c3c(-c3ccc(NCC(CC)CCCC)[nH]3)c3cc(-c4[nH]ccc4C(=O)OCC)[nH]c23)[nH]1. The van der Waals surface area contributed by atoms with Crippen LogP contribution in [0.1, 0.15) is 114 Å². The number of aromatic nitrogens is 6. The number of ether oxygens (including phenoxy) is 2. The summed E-state index contributed by atoms with van der Waals surface area (Å²) in [4.78, 5) is 47.9. The number of rotatable bonds is 22. The second-order valence-corrected chi connectivity index (χ2v) is 15.8. The van der Waals surface area contributed by atoms with Crippen molar-refractivity contribution in [3.8, 4) is 45.3 Å². The molecule has 0 amide bonds. The van der Waals surface area contributed by atoms with Crippen molar-refractivity contribution in [2.45, 2.75) is 92.9 Å². The smallest absolute Gasteiger partial charge is 0.340 e. The average molecular weight is 815 g/mol. The molecule has 7 aromatic rings. The zero-order chi connectivity index (χ0) is 42.2. The van der Waals surface area contributed by atoms with Crippen molar-refractivity contribution in [2.24, 2.45) is 11.8 Å². The maximum Gasteiger partial charge on any atom is 0.340 e. The molecule has 0 aliphatic heterocycles. The van der Waals surface area contributed by atoms with Crippen molar-refractivity contribution in [1.82, 2.24) is 29.9 Å². The Bertz CT molecular complexity index is 2280. The van der Waals surface area contributed by atoms with Crippen molar-refractivity contribution in [3.05, 3.63) is 72.1 Å². The molecule has 1 aromatic carbocycles. The number of aromatic amines is 6. The lowest BCUT2D eigenvalue weighted by Crippen LogP contribution is -2.13. The number of anilines is 2. The normalized spacial score (nSPS) is 12.6. The summed E-state index contributed by atoms with van der Waals surface area (Å²) in [5, 5.41) is 9.26. The standard InChI is InChI=1S/C48H62N8O4/c1-7-13-15-29(9-3)27-51-39-19-17-35(53-39)41-33-25-37(43-31(21-23-49-43)47(57)59-11-5)56-46(33)42(36-18-20-40(54-36)52-28-30(10-4)16-14-8-2)34-26-38(55-45(34)41)44-32(22-24-50-44)48(58)60-12-6/h17-26,29-30,49-56H,7-16,27-28H2,1-6H3. The number of benzene rings is 1. The van der Waals surface area contributed by atoms with Gasteiger partial charge in [0.2, 0.25) is 0 Å². The summed E-state index contributed by atoms with van der Waals surface area (Å²) in [7, 11) is 0. The van der Waals surface area contributed by atoms with Crippen LogP contribution >= 0.6 is 0 Å². The first-order valence-electron chi connectivity index (χ1n) is 22.1. The Labute approximate surface area is 352 Å². The van der Waals surface area contributed by atoms with Crippen molar-refractivity contribution in [2.75, 3.05) is 36.9 Å². The highest BCUT2D eigenvalue weighted by molar-refractivity contribution is 6.21. The number of carbonyl (C=O) groups is 2. The number of esters is 2. The molecule has 2 unspecified atom stereocenters. The first-order valence-corrected chi connectivity index (χ1v) is 22.1. The van der Waals surface area contributed by atoms with E-state index in [2.05, 4.69) is 105 Å². The van der Waals surface area contributed by atoms with Gasteiger partial charge in [-0.05, 0) is 87.1 Å². The van der Waals surface area contributed by atoms with E-state index in [-0.39, 0.29) is 25.2 Å². The molecule has 6 aromatic heterocycles. The van der Waals surface area contributed by atoms with Crippen LogP contribution < -0.4 is 10.6 Å². The zero-order valence-electron chi connectivity index (χ0n) is 36.0. The lowest BCUT2D eigenvalue weighted by Gasteiger charge is -2.15. The molecule has 12 nitrogen and oxygen atoms in total. The third kappa shape index (κ3) is 8.78. The van der Waals surface area contributed by atoms with E-state index in [1.165, 1.54) is 38.5 Å². The molecule has 0 saturated heterocycles. The van der Waals surface area contributed by atoms with Crippen LogP contribution in [0.15, 0.2) is 60.9 Å². The van der Waals surface area contributed by atoms with Gasteiger partial charge in [-0.25, -0.2) is 9.59 Å². The third-order valence-electron chi connectivity index (χ3n) is 11.9. The number of hydrogen-bond donors (Lipinski definition) is 8. The fourth-order valence-corrected chi connectivity index (χ4v) is 8.42. The largest absolute Gasteiger partial charge is 0.462 e. The molecule has 318 valence electrons. The van der Waals surface area contributed by atoms with Gasteiger partial charge in [0, 0.05) is 58.8 Å². The number of hydrogen-bond acceptors (Lipinski definition) is 6. The van der Waals surface area contributed by atoms with Gasteiger partial charge in [0.1, 0.15) is 11.6 Å². The zero-order valence-corrected chi connectivity index (χ0v) is 36.0. The summed E-state index contributed by atoms with van der Waals surface area (Å²) in [5.41, 5.74) is 9.21. The van der Waals surface area contributed by atoms with Crippen molar-refractivity contribution >= 4 is 45.4 Å². The molecular weight excluding hydrogens is 753 g/mol. The maximum absolute atomic E-state index is 13.2. The second-order valence-electron chi connectivity index (χ2n) is 15.8. The minimum absolute atomic E-state index is 0.276. The molecule has 0 spiro atoms. The molecule has 8 N–H and O–H groups in total. The summed E-state index contributed by atoms with van der Waals surface area (Å²) in [5.74, 6) is 2.28. The second kappa shape index (κ2) is 19.4. The van der Waals surface area contributed by atoms with E-state index in [0.29, 0.717) is 34.4 Å². The summed E-state index contributed by atoms with van der Waals surface area (Å²) >= 11 is 0. The van der Waals surface area contributed by atoms with E-state index in [4.69, 9.17) is 9.47 Å². The van der Waals surface area contributed by atoms with Gasteiger partial charge in [-0.2, -0.15) is 0 Å². The summed E-state index contributed by atoms with van der Waals surface area (Å²) in [6.07, 6.45) is 13.0. The fourth-order valence-electron chi connectivity index (χ4n) is 8.42. The van der Waals surface area contributed by atoms with Crippen LogP contribution in [-0.2, 0) is 9.47 Å². The first kappa shape index (κ1) is 42.1. The molecule has 2 atom stereocenters. The van der Waals surface area contributed by atoms with E-state index in [1.54, 1.807) is 24.5 Å². The van der Waals surface area contributed by atoms with E-state index in [0.717, 1.165) is 93.3 Å². The van der Waals surface area contributed by atoms with E-state index in [9.17, 15) is 9.59 Å². The molecule has 60 heavy (non-hydrogen) atoms. The van der Waals surface area contributed by atoms with Gasteiger partial charge in [-0.3, -0.25) is 0 Å². The van der Waals surface area contributed by atoms with E-state index < -0.39 is 0 Å². The number of carbonyl (C=O) groups excluding carboxylic acids is 2. The van der Waals surface area contributed by atoms with E-state index in [1.807, 2.05) is 13.8 Å². The van der Waals surface area contributed by atoms with Crippen LogP contribution in [0, 0.1) is 11.8 Å². The van der Waals surface area contributed by atoms with Crippen LogP contribution in [0.2, 0.25) is 0 Å². The summed E-state index contributed by atoms with van der Waals surface area (Å²) in [6, 6.07) is 16.2. The molecule has 0 radical (unpaired) electrons. The topological polar surface area (TPSA) is 171 Å². The van der Waals surface area contributed by atoms with Crippen LogP contribution in [0.5, 0.6) is 0 Å². The van der Waals surface area contributed by atoms with Gasteiger partial charge in [-0.15, -0.1) is 0 Å². The maximum atomic E-state index is 13.2. The molecule has 6 heterocycles. The molecule has 0 aliphatic carbocycles. The quantitative estimate of drug-likeness (QED) is 0.0316. The highest BCUT2D eigenvalue weighted by Gasteiger charge is 2.26. The Balaban J connectivity index is 1.43. The van der Waals surface area contributed by atoms with Gasteiger partial charge in [0.15, 0.2) is 0 Å². The van der Waals surface area contributed by atoms with Crippen LogP contribution in [0.3, 0.4) is 0 Å². The van der Waals surface area contributed by atoms with Crippen molar-refractivity contribution in [3.63, 3.8) is 0 Å². The summed E-state index contributed by atoms with van der Waals surface area (Å²) < 4.78 is 10.9. The first-order chi connectivity index (χ1) is 29.3. The third-order valence-corrected chi connectivity index (χ3v) is 11.9.